The summed E-state index contributed by atoms with van der Waals surface area (Å²) in [7, 11) is 0. The van der Waals surface area contributed by atoms with Crippen LogP contribution in [0, 0.1) is 0 Å². The van der Waals surface area contributed by atoms with Gasteiger partial charge in [-0.2, -0.15) is 0 Å². The lowest BCUT2D eigenvalue weighted by Crippen LogP contribution is -2.04. The highest BCUT2D eigenvalue weighted by molar-refractivity contribution is 5.89. The van der Waals surface area contributed by atoms with E-state index in [0.29, 0.717) is 11.4 Å². The Morgan fingerprint density at radius 2 is 2.38 bits per heavy atom. The van der Waals surface area contributed by atoms with E-state index in [-0.39, 0.29) is 5.91 Å². The van der Waals surface area contributed by atoms with Crippen molar-refractivity contribution in [3.8, 4) is 0 Å². The molecule has 1 amide bonds. The molecule has 5 nitrogen and oxygen atoms in total. The molecule has 1 aromatic carbocycles. The van der Waals surface area contributed by atoms with Gasteiger partial charge in [-0.05, 0) is 17.7 Å². The van der Waals surface area contributed by atoms with E-state index in [2.05, 4.69) is 15.3 Å². The smallest absolute Gasteiger partial charge is 0.221 e. The maximum absolute atomic E-state index is 10.7. The van der Waals surface area contributed by atoms with Gasteiger partial charge in [0.25, 0.3) is 0 Å². The second-order valence-corrected chi connectivity index (χ2v) is 2.42. The third-order valence-electron chi connectivity index (χ3n) is 1.33. The Labute approximate surface area is 75.0 Å². The Hall–Kier alpha value is -2.00. The minimum absolute atomic E-state index is 0.155. The van der Waals surface area contributed by atoms with Gasteiger partial charge < -0.3 is 5.32 Å². The van der Waals surface area contributed by atoms with Gasteiger partial charge in [0.1, 0.15) is 0 Å². The monoisotopic (exact) mass is 176 g/mol. The van der Waals surface area contributed by atoms with E-state index in [1.807, 2.05) is 0 Å². The number of nitrogens with one attached hydrogen (secondary N) is 1. The number of hydrogen-bond acceptors (Lipinski definition) is 2. The summed E-state index contributed by atoms with van der Waals surface area (Å²) in [5, 5.41) is 5.99. The first-order valence-electron chi connectivity index (χ1n) is 3.65. The molecule has 0 bridgehead atoms. The first kappa shape index (κ1) is 9.09. The van der Waals surface area contributed by atoms with E-state index in [9.17, 15) is 4.79 Å². The van der Waals surface area contributed by atoms with Crippen molar-refractivity contribution in [3.05, 3.63) is 34.7 Å². The van der Waals surface area contributed by atoms with Gasteiger partial charge in [-0.3, -0.25) is 4.79 Å². The third kappa shape index (κ3) is 2.84. The molecule has 0 unspecified atom stereocenters. The summed E-state index contributed by atoms with van der Waals surface area (Å²) in [6.07, 6.45) is 0. The Bertz CT molecular complexity index is 368. The molecule has 0 atom stereocenters. The van der Waals surface area contributed by atoms with Gasteiger partial charge in [0, 0.05) is 23.2 Å². The maximum Gasteiger partial charge on any atom is 0.221 e. The van der Waals surface area contributed by atoms with Crippen LogP contribution in [-0.4, -0.2) is 5.91 Å². The normalized spacial score (nSPS) is 8.69. The number of azide groups is 1. The molecule has 5 heteroatoms. The largest absolute Gasteiger partial charge is 0.326 e. The molecule has 0 saturated heterocycles. The number of anilines is 1. The van der Waals surface area contributed by atoms with Gasteiger partial charge >= 0.3 is 0 Å². The molecule has 0 aliphatic rings. The average molecular weight is 176 g/mol. The summed E-state index contributed by atoms with van der Waals surface area (Å²) in [4.78, 5) is 13.3. The zero-order valence-corrected chi connectivity index (χ0v) is 7.06. The highest BCUT2D eigenvalue weighted by Gasteiger charge is 1.95. The molecule has 0 aliphatic carbocycles. The number of carbonyl (C=O) groups excluding carboxylic acids is 1. The lowest BCUT2D eigenvalue weighted by molar-refractivity contribution is -0.114. The Morgan fingerprint density at radius 1 is 1.62 bits per heavy atom. The Kier molecular flexibility index (Phi) is 2.89. The van der Waals surface area contributed by atoms with Crippen LogP contribution in [0.4, 0.5) is 11.4 Å². The number of nitrogens with zero attached hydrogens (tertiary/aromatic N) is 3. The third-order valence-corrected chi connectivity index (χ3v) is 1.33. The summed E-state index contributed by atoms with van der Waals surface area (Å²) in [5.41, 5.74) is 9.27. The lowest BCUT2D eigenvalue weighted by Gasteiger charge is -2.01. The van der Waals surface area contributed by atoms with Crippen LogP contribution >= 0.6 is 0 Å². The maximum atomic E-state index is 10.7. The molecule has 13 heavy (non-hydrogen) atoms. The van der Waals surface area contributed by atoms with Crippen LogP contribution in [0.15, 0.2) is 29.4 Å². The molecule has 0 aliphatic heterocycles. The van der Waals surface area contributed by atoms with Crippen LogP contribution in [0.1, 0.15) is 6.92 Å². The van der Waals surface area contributed by atoms with Crippen molar-refractivity contribution in [2.45, 2.75) is 6.92 Å². The molecule has 0 fully saturated rings. The van der Waals surface area contributed by atoms with Gasteiger partial charge in [-0.25, -0.2) is 0 Å². The van der Waals surface area contributed by atoms with E-state index in [1.165, 1.54) is 6.92 Å². The predicted molar refractivity (Wildman–Crippen MR) is 49.6 cm³/mol. The number of hydrogen-bond donors (Lipinski definition) is 1. The van der Waals surface area contributed by atoms with Crippen molar-refractivity contribution in [2.75, 3.05) is 5.32 Å². The van der Waals surface area contributed by atoms with Crippen LogP contribution in [-0.2, 0) is 4.79 Å². The second-order valence-electron chi connectivity index (χ2n) is 2.42. The Balaban J connectivity index is 2.91. The zero-order chi connectivity index (χ0) is 9.68. The average Bonchev–Trinajstić information content (AvgIpc) is 2.04. The topological polar surface area (TPSA) is 77.9 Å². The molecule has 0 aromatic heterocycles. The molecular formula is C8H8N4O. The van der Waals surface area contributed by atoms with Gasteiger partial charge in [-0.15, -0.1) is 0 Å². The predicted octanol–water partition coefficient (Wildman–Crippen LogP) is 2.59. The SMILES string of the molecule is CC(=O)Nc1cccc(N=[N+]=[N-])c1. The summed E-state index contributed by atoms with van der Waals surface area (Å²) < 4.78 is 0. The van der Waals surface area contributed by atoms with E-state index < -0.39 is 0 Å². The first-order chi connectivity index (χ1) is 6.22. The molecule has 0 heterocycles. The van der Waals surface area contributed by atoms with Crippen LogP contribution in [0.5, 0.6) is 0 Å². The number of rotatable bonds is 2. The molecular weight excluding hydrogens is 168 g/mol. The fraction of sp³-hybridized carbons (Fsp3) is 0.125. The first-order valence-corrected chi connectivity index (χ1v) is 3.65. The molecule has 1 N–H and O–H groups in total. The van der Waals surface area contributed by atoms with Crippen molar-refractivity contribution in [2.24, 2.45) is 5.11 Å². The van der Waals surface area contributed by atoms with Gasteiger partial charge in [-0.1, -0.05) is 17.2 Å². The highest BCUT2D eigenvalue weighted by atomic mass is 16.1. The Morgan fingerprint density at radius 3 is 3.00 bits per heavy atom. The van der Waals surface area contributed by atoms with Crippen molar-refractivity contribution in [3.63, 3.8) is 0 Å². The zero-order valence-electron chi connectivity index (χ0n) is 7.06. The molecule has 0 saturated carbocycles. The number of amides is 1. The van der Waals surface area contributed by atoms with E-state index in [1.54, 1.807) is 24.3 Å². The van der Waals surface area contributed by atoms with Crippen molar-refractivity contribution >= 4 is 17.3 Å². The minimum atomic E-state index is -0.155. The summed E-state index contributed by atoms with van der Waals surface area (Å²) >= 11 is 0. The lowest BCUT2D eigenvalue weighted by atomic mass is 10.3. The van der Waals surface area contributed by atoms with E-state index in [4.69, 9.17) is 5.53 Å². The standard InChI is InChI=1S/C8H8N4O/c1-6(13)10-7-3-2-4-8(5-7)11-12-9/h2-5H,1H3,(H,10,13). The molecule has 66 valence electrons. The van der Waals surface area contributed by atoms with Crippen molar-refractivity contribution < 1.29 is 4.79 Å². The molecule has 0 radical (unpaired) electrons. The summed E-state index contributed by atoms with van der Waals surface area (Å²) in [6, 6.07) is 6.68. The van der Waals surface area contributed by atoms with Crippen molar-refractivity contribution in [1.82, 2.24) is 0 Å². The van der Waals surface area contributed by atoms with Gasteiger partial charge in [0.15, 0.2) is 0 Å². The molecule has 1 aromatic rings. The summed E-state index contributed by atoms with van der Waals surface area (Å²) in [6.45, 7) is 1.42. The van der Waals surface area contributed by atoms with Crippen LogP contribution < -0.4 is 5.32 Å². The second kappa shape index (κ2) is 4.13. The molecule has 0 spiro atoms. The van der Waals surface area contributed by atoms with Crippen LogP contribution in [0.25, 0.3) is 10.4 Å². The fourth-order valence-electron chi connectivity index (χ4n) is 0.901. The quantitative estimate of drug-likeness (QED) is 0.419. The van der Waals surface area contributed by atoms with E-state index >= 15 is 0 Å². The van der Waals surface area contributed by atoms with E-state index in [0.717, 1.165) is 0 Å². The fourth-order valence-corrected chi connectivity index (χ4v) is 0.901. The van der Waals surface area contributed by atoms with Gasteiger partial charge in [0.2, 0.25) is 5.91 Å². The minimum Gasteiger partial charge on any atom is -0.326 e. The summed E-state index contributed by atoms with van der Waals surface area (Å²) in [5.74, 6) is -0.155. The highest BCUT2D eigenvalue weighted by Crippen LogP contribution is 2.17. The number of carbonyl (C=O) groups is 1. The van der Waals surface area contributed by atoms with Crippen LogP contribution in [0.3, 0.4) is 0 Å². The molecule has 1 rings (SSSR count). The number of benzene rings is 1. The van der Waals surface area contributed by atoms with Crippen molar-refractivity contribution in [1.29, 1.82) is 0 Å². The van der Waals surface area contributed by atoms with Gasteiger partial charge in [0.05, 0.1) is 0 Å². The van der Waals surface area contributed by atoms with Crippen LogP contribution in [0.2, 0.25) is 0 Å².